The monoisotopic (exact) mass is 322 g/mol. The molecule has 0 radical (unpaired) electrons. The molecule has 0 aromatic rings. The first-order chi connectivity index (χ1) is 9.81. The molecule has 0 unspecified atom stereocenters. The van der Waals surface area contributed by atoms with E-state index in [-0.39, 0.29) is 0 Å². The molecule has 4 heteroatoms. The van der Waals surface area contributed by atoms with Crippen molar-refractivity contribution in [3.8, 4) is 0 Å². The first-order valence-corrected chi connectivity index (χ1v) is 11.4. The van der Waals surface area contributed by atoms with Gasteiger partial charge in [-0.05, 0) is 12.8 Å². The molecule has 0 bridgehead atoms. The predicted octanol–water partition coefficient (Wildman–Crippen LogP) is 5.70. The van der Waals surface area contributed by atoms with Gasteiger partial charge in [-0.2, -0.15) is 0 Å². The highest BCUT2D eigenvalue weighted by atomic mass is 35.6. The van der Waals surface area contributed by atoms with Gasteiger partial charge in [0.05, 0.1) is 0 Å². The molecule has 0 saturated carbocycles. The number of rotatable bonds is 16. The van der Waals surface area contributed by atoms with Crippen LogP contribution in [0.5, 0.6) is 0 Å². The summed E-state index contributed by atoms with van der Waals surface area (Å²) in [6.07, 6.45) is 15.4. The van der Waals surface area contributed by atoms with E-state index >= 15 is 0 Å². The predicted molar refractivity (Wildman–Crippen MR) is 91.7 cm³/mol. The van der Waals surface area contributed by atoms with Crippen LogP contribution in [0.3, 0.4) is 0 Å². The lowest BCUT2D eigenvalue weighted by Crippen LogP contribution is -2.17. The molecule has 122 valence electrons. The van der Waals surface area contributed by atoms with Crippen molar-refractivity contribution in [2.24, 2.45) is 0 Å². The van der Waals surface area contributed by atoms with Crippen LogP contribution in [0.15, 0.2) is 0 Å². The zero-order valence-electron chi connectivity index (χ0n) is 13.7. The smallest absolute Gasteiger partial charge is 0.385 e. The fourth-order valence-corrected chi connectivity index (χ4v) is 3.50. The molecule has 0 aromatic heterocycles. The van der Waals surface area contributed by atoms with Crippen LogP contribution in [0.4, 0.5) is 0 Å². The van der Waals surface area contributed by atoms with Gasteiger partial charge in [-0.1, -0.05) is 78.1 Å². The Morgan fingerprint density at radius 2 is 0.950 bits per heavy atom. The Kier molecular flexibility index (Phi) is 17.9. The second-order valence-corrected chi connectivity index (χ2v) is 7.84. The molecule has 0 amide bonds. The summed E-state index contributed by atoms with van der Waals surface area (Å²) in [5, 5.41) is 0. The van der Waals surface area contributed by atoms with Gasteiger partial charge in [0, 0.05) is 13.2 Å². The van der Waals surface area contributed by atoms with Gasteiger partial charge in [-0.25, -0.2) is 0 Å². The zero-order valence-corrected chi connectivity index (χ0v) is 15.6. The van der Waals surface area contributed by atoms with Crippen LogP contribution >= 0.6 is 11.1 Å². The summed E-state index contributed by atoms with van der Waals surface area (Å²) < 4.78 is 11.2. The minimum Gasteiger partial charge on any atom is -0.385 e. The maximum atomic E-state index is 6.10. The van der Waals surface area contributed by atoms with Crippen molar-refractivity contribution in [3.05, 3.63) is 0 Å². The lowest BCUT2D eigenvalue weighted by atomic mass is 10.1. The van der Waals surface area contributed by atoms with Crippen LogP contribution in [-0.2, 0) is 8.85 Å². The van der Waals surface area contributed by atoms with E-state index in [1.54, 1.807) is 0 Å². The van der Waals surface area contributed by atoms with E-state index in [9.17, 15) is 0 Å². The molecule has 0 N–H and O–H groups in total. The summed E-state index contributed by atoms with van der Waals surface area (Å²) in [4.78, 5) is 0. The van der Waals surface area contributed by atoms with Gasteiger partial charge in [0.25, 0.3) is 0 Å². The maximum absolute atomic E-state index is 6.10. The van der Waals surface area contributed by atoms with Gasteiger partial charge in [0.15, 0.2) is 0 Å². The average Bonchev–Trinajstić information content (AvgIpc) is 2.45. The Morgan fingerprint density at radius 1 is 0.600 bits per heavy atom. The minimum absolute atomic E-state index is 0.781. The normalized spacial score (nSPS) is 11.4. The van der Waals surface area contributed by atoms with Crippen molar-refractivity contribution in [2.45, 2.75) is 90.9 Å². The molecule has 0 aliphatic carbocycles. The number of halogens is 1. The molecule has 20 heavy (non-hydrogen) atoms. The van der Waals surface area contributed by atoms with Crippen LogP contribution in [0.2, 0.25) is 0 Å². The molecule has 0 aliphatic rings. The lowest BCUT2D eigenvalue weighted by Gasteiger charge is -2.10. The third-order valence-corrected chi connectivity index (χ3v) is 5.25. The molecule has 0 aromatic carbocycles. The Hall–Kier alpha value is 0.427. The van der Waals surface area contributed by atoms with Crippen molar-refractivity contribution in [2.75, 3.05) is 13.2 Å². The summed E-state index contributed by atoms with van der Waals surface area (Å²) in [5.41, 5.74) is 0. The second kappa shape index (κ2) is 17.5. The molecule has 0 rings (SSSR count). The fourth-order valence-electron chi connectivity index (χ4n) is 2.16. The Labute approximate surface area is 133 Å². The lowest BCUT2D eigenvalue weighted by molar-refractivity contribution is 0.205. The molecular formula is C16H35ClO2Si. The quantitative estimate of drug-likeness (QED) is 0.206. The summed E-state index contributed by atoms with van der Waals surface area (Å²) in [6.45, 7) is 6.05. The Bertz CT molecular complexity index is 164. The fraction of sp³-hybridized carbons (Fsp3) is 1.00. The van der Waals surface area contributed by atoms with Gasteiger partial charge in [-0.15, -0.1) is 11.1 Å². The molecule has 0 fully saturated rings. The molecule has 0 heterocycles. The van der Waals surface area contributed by atoms with Gasteiger partial charge < -0.3 is 8.85 Å². The highest BCUT2D eigenvalue weighted by Crippen LogP contribution is 2.08. The van der Waals surface area contributed by atoms with Gasteiger partial charge in [0.2, 0.25) is 0 Å². The third-order valence-electron chi connectivity index (χ3n) is 3.49. The molecule has 0 aliphatic heterocycles. The average molecular weight is 323 g/mol. The molecule has 0 saturated heterocycles. The third kappa shape index (κ3) is 16.5. The topological polar surface area (TPSA) is 18.5 Å². The first kappa shape index (κ1) is 20.4. The minimum atomic E-state index is -1.86. The van der Waals surface area contributed by atoms with Gasteiger partial charge >= 0.3 is 8.59 Å². The van der Waals surface area contributed by atoms with Crippen LogP contribution in [0, 0.1) is 0 Å². The summed E-state index contributed by atoms with van der Waals surface area (Å²) >= 11 is 6.10. The van der Waals surface area contributed by atoms with Crippen molar-refractivity contribution in [1.82, 2.24) is 0 Å². The Balaban J connectivity index is 3.11. The first-order valence-electron chi connectivity index (χ1n) is 8.68. The van der Waals surface area contributed by atoms with Crippen molar-refractivity contribution in [3.63, 3.8) is 0 Å². The van der Waals surface area contributed by atoms with Crippen LogP contribution in [0.25, 0.3) is 0 Å². The van der Waals surface area contributed by atoms with Crippen LogP contribution < -0.4 is 0 Å². The summed E-state index contributed by atoms with van der Waals surface area (Å²) in [7, 11) is -1.86. The summed E-state index contributed by atoms with van der Waals surface area (Å²) in [5.74, 6) is 0. The van der Waals surface area contributed by atoms with Crippen molar-refractivity contribution < 1.29 is 8.85 Å². The standard InChI is InChI=1S/C16H35ClO2Si/c1-3-5-7-9-11-13-15-18-20(17)19-16-14-12-10-8-6-4-2/h20H,3-16H2,1-2H3. The SMILES string of the molecule is CCCCCCCCO[SiH](Cl)OCCCCCCCC. The number of hydrogen-bond donors (Lipinski definition) is 0. The van der Waals surface area contributed by atoms with E-state index in [0.717, 1.165) is 26.1 Å². The van der Waals surface area contributed by atoms with E-state index < -0.39 is 8.59 Å². The van der Waals surface area contributed by atoms with Crippen LogP contribution in [0.1, 0.15) is 90.9 Å². The van der Waals surface area contributed by atoms with E-state index in [4.69, 9.17) is 19.9 Å². The molecule has 0 spiro atoms. The van der Waals surface area contributed by atoms with Crippen molar-refractivity contribution in [1.29, 1.82) is 0 Å². The second-order valence-electron chi connectivity index (χ2n) is 5.55. The van der Waals surface area contributed by atoms with Gasteiger partial charge in [0.1, 0.15) is 0 Å². The highest BCUT2D eigenvalue weighted by molar-refractivity contribution is 6.99. The van der Waals surface area contributed by atoms with Crippen LogP contribution in [-0.4, -0.2) is 21.8 Å². The summed E-state index contributed by atoms with van der Waals surface area (Å²) in [6, 6.07) is 0. The van der Waals surface area contributed by atoms with E-state index in [2.05, 4.69) is 13.8 Å². The zero-order chi connectivity index (χ0) is 14.9. The number of unbranched alkanes of at least 4 members (excludes halogenated alkanes) is 10. The van der Waals surface area contributed by atoms with Gasteiger partial charge in [-0.3, -0.25) is 0 Å². The largest absolute Gasteiger partial charge is 0.426 e. The maximum Gasteiger partial charge on any atom is 0.426 e. The molecule has 0 atom stereocenters. The highest BCUT2D eigenvalue weighted by Gasteiger charge is 2.08. The van der Waals surface area contributed by atoms with E-state index in [0.29, 0.717) is 0 Å². The van der Waals surface area contributed by atoms with E-state index in [1.807, 2.05) is 0 Å². The van der Waals surface area contributed by atoms with E-state index in [1.165, 1.54) is 64.2 Å². The van der Waals surface area contributed by atoms with Crippen molar-refractivity contribution >= 4 is 19.7 Å². The molecule has 2 nitrogen and oxygen atoms in total. The Morgan fingerprint density at radius 3 is 1.35 bits per heavy atom. The number of hydrogen-bond acceptors (Lipinski definition) is 2. The molecular weight excluding hydrogens is 288 g/mol.